The van der Waals surface area contributed by atoms with Gasteiger partial charge in [0.05, 0.1) is 21.2 Å². The van der Waals surface area contributed by atoms with E-state index in [0.29, 0.717) is 28.6 Å². The molecule has 0 aliphatic heterocycles. The Morgan fingerprint density at radius 3 is 1.41 bits per heavy atom. The van der Waals surface area contributed by atoms with E-state index in [9.17, 15) is 25.3 Å². The molecule has 5 rings (SSSR count). The summed E-state index contributed by atoms with van der Waals surface area (Å²) in [7, 11) is 0. The molecule has 0 saturated heterocycles. The van der Waals surface area contributed by atoms with Gasteiger partial charge < -0.3 is 44.1 Å². The molecule has 0 radical (unpaired) electrons. The van der Waals surface area contributed by atoms with Gasteiger partial charge in [0.15, 0.2) is 17.4 Å². The molecule has 0 amide bonds. The van der Waals surface area contributed by atoms with E-state index in [0.717, 1.165) is 16.6 Å². The van der Waals surface area contributed by atoms with Gasteiger partial charge in [-0.05, 0) is 57.2 Å². The van der Waals surface area contributed by atoms with Crippen LogP contribution < -0.4 is 17.6 Å². The summed E-state index contributed by atoms with van der Waals surface area (Å²) in [5, 5.41) is 37.9. The molecule has 16 nitrogen and oxygen atoms in total. The Balaban J connectivity index is -0.000000213. The molecule has 0 spiro atoms. The Kier molecular flexibility index (Phi) is 20.1. The molecule has 0 unspecified atom stereocenters. The standard InChI is InChI=1S/C12H14N2O3.C12H16N2O.C10H14N2O3.CH2O2.CH4.CH3.H3N.Pd.2H2/c1-7-13-9-5-8(12(2,3)4)6-10(14(15)16)11(9)17-7;1-7-14-10-6-8(12(2,3)4)5-9(13)11(10)15-7;1-10(2,3)6-4-7(11)9(13)8(5-6)12(14)15;2-1-3;;;;;;/h5-6H,1-4H3;5-6H,13H2,1-4H3;4-5,13H,11H2,1-3H3;1H,(H,2,3);1H4;2*1H3;;2*1H/q;;;;;-1;;;;/i;;;;;;;;2*1+1. The number of benzene rings is 3. The molecule has 0 atom stereocenters. The monoisotopic (exact) mass is 854 g/mol. The largest absolute Gasteiger partial charge is 0.501 e. The van der Waals surface area contributed by atoms with Crippen LogP contribution in [0.1, 0.15) is 101 Å². The zero-order valence-corrected chi connectivity index (χ0v) is 33.8. The van der Waals surface area contributed by atoms with Gasteiger partial charge in [-0.15, -0.1) is 0 Å². The average molecular weight is 855 g/mol. The van der Waals surface area contributed by atoms with Crippen LogP contribution in [0.15, 0.2) is 45.2 Å². The summed E-state index contributed by atoms with van der Waals surface area (Å²) in [6.07, 6.45) is 0. The molecule has 0 aliphatic carbocycles. The van der Waals surface area contributed by atoms with Crippen molar-refractivity contribution in [1.82, 2.24) is 16.1 Å². The zero-order valence-electron chi connectivity index (χ0n) is 32.3. The van der Waals surface area contributed by atoms with Crippen LogP contribution >= 0.6 is 0 Å². The number of phenolic OH excluding ortho intramolecular Hbond substituents is 1. The minimum absolute atomic E-state index is 0. The molecular weight excluding hydrogens is 793 g/mol. The fraction of sp³-hybridized carbons (Fsp3) is 0.405. The molecule has 17 heteroatoms. The molecule has 308 valence electrons. The van der Waals surface area contributed by atoms with Gasteiger partial charge in [0, 0.05) is 49.3 Å². The molecule has 2 heterocycles. The third kappa shape index (κ3) is 13.7. The number of aryl methyl sites for hydroxylation is 2. The summed E-state index contributed by atoms with van der Waals surface area (Å²) in [5.74, 6) is 0.630. The number of non-ortho nitro benzene ring substituents is 1. The Labute approximate surface area is 333 Å². The molecule has 0 aliphatic rings. The van der Waals surface area contributed by atoms with E-state index < -0.39 is 15.6 Å². The van der Waals surface area contributed by atoms with Gasteiger partial charge in [-0.2, -0.15) is 0 Å². The van der Waals surface area contributed by atoms with E-state index in [2.05, 4.69) is 30.7 Å². The summed E-state index contributed by atoms with van der Waals surface area (Å²) in [5.41, 5.74) is 16.6. The first kappa shape index (κ1) is 53.2. The molecule has 54 heavy (non-hydrogen) atoms. The maximum atomic E-state index is 11.0. The van der Waals surface area contributed by atoms with Gasteiger partial charge in [-0.3, -0.25) is 25.0 Å². The number of nitrogen functional groups attached to an aromatic ring is 2. The van der Waals surface area contributed by atoms with Gasteiger partial charge in [-0.1, -0.05) is 69.7 Å². The van der Waals surface area contributed by atoms with Crippen molar-refractivity contribution >= 4 is 51.4 Å². The summed E-state index contributed by atoms with van der Waals surface area (Å²) in [4.78, 5) is 37.4. The second-order valence-electron chi connectivity index (χ2n) is 14.5. The first-order valence-corrected chi connectivity index (χ1v) is 15.4. The topological polar surface area (TPSA) is 283 Å². The quantitative estimate of drug-likeness (QED) is 0.0210. The summed E-state index contributed by atoms with van der Waals surface area (Å²) >= 11 is 0. The summed E-state index contributed by atoms with van der Waals surface area (Å²) in [6, 6.07) is 10.3. The number of phenols is 1. The predicted octanol–water partition coefficient (Wildman–Crippen LogP) is 9.98. The molecule has 2 aromatic heterocycles. The van der Waals surface area contributed by atoms with Crippen molar-refractivity contribution in [3.05, 3.63) is 92.5 Å². The van der Waals surface area contributed by atoms with Gasteiger partial charge in [0.25, 0.3) is 6.47 Å². The predicted molar refractivity (Wildman–Crippen MR) is 215 cm³/mol. The molecule has 0 saturated carbocycles. The van der Waals surface area contributed by atoms with Crippen LogP contribution in [0.4, 0.5) is 22.7 Å². The van der Waals surface area contributed by atoms with Crippen molar-refractivity contribution in [2.24, 2.45) is 0 Å². The van der Waals surface area contributed by atoms with E-state index in [4.69, 9.17) is 30.2 Å². The normalized spacial score (nSPS) is 10.6. The Morgan fingerprint density at radius 1 is 0.704 bits per heavy atom. The Hall–Kier alpha value is -5.11. The smallest absolute Gasteiger partial charge is 0.314 e. The van der Waals surface area contributed by atoms with Crippen LogP contribution in [0.25, 0.3) is 22.2 Å². The number of nitro benzene ring substituents is 2. The SMILES string of the molecule is C.CC(C)(C)c1cc(N)c(O)c([N+](=O)[O-])c1.Cc1nc2cc(C(C)(C)C)cc(N)c2o1.Cc1nc2cc(C(C)(C)C)cc([N+](=O)[O-])c2o1.N.O=CO.[2HH].[2HH].[CH3-].[Pd]. The molecule has 9 N–H and O–H groups in total. The van der Waals surface area contributed by atoms with Gasteiger partial charge in [0.1, 0.15) is 11.0 Å². The third-order valence-corrected chi connectivity index (χ3v) is 7.31. The average Bonchev–Trinajstić information content (AvgIpc) is 3.54. The maximum absolute atomic E-state index is 11.0. The number of rotatable bonds is 2. The fourth-order valence-electron chi connectivity index (χ4n) is 4.51. The number of aromatic hydroxyl groups is 1. The number of hydrogen-bond acceptors (Lipinski definition) is 13. The van der Waals surface area contributed by atoms with Gasteiger partial charge >= 0.3 is 11.4 Å². The number of carbonyl (C=O) groups is 1. The molecule has 0 fully saturated rings. The van der Waals surface area contributed by atoms with Gasteiger partial charge in [0.2, 0.25) is 11.3 Å². The first-order chi connectivity index (χ1) is 22.8. The number of nitro groups is 2. The van der Waals surface area contributed by atoms with E-state index in [1.54, 1.807) is 19.1 Å². The van der Waals surface area contributed by atoms with E-state index in [1.165, 1.54) is 11.6 Å². The second-order valence-corrected chi connectivity index (χ2v) is 14.5. The fourth-order valence-corrected chi connectivity index (χ4v) is 4.51. The number of nitrogens with zero attached hydrogens (tertiary/aromatic N) is 4. The van der Waals surface area contributed by atoms with E-state index in [1.807, 2.05) is 66.7 Å². The number of oxazole rings is 2. The van der Waals surface area contributed by atoms with Crippen LogP contribution in [0, 0.1) is 41.5 Å². The number of hydrogen-bond donors (Lipinski definition) is 5. The van der Waals surface area contributed by atoms with Crippen LogP contribution in [0.3, 0.4) is 0 Å². The van der Waals surface area contributed by atoms with Crippen LogP contribution in [0.2, 0.25) is 0 Å². The van der Waals surface area contributed by atoms with Crippen molar-refractivity contribution in [1.29, 1.82) is 0 Å². The van der Waals surface area contributed by atoms with Crippen molar-refractivity contribution < 1.29 is 57.0 Å². The van der Waals surface area contributed by atoms with Crippen molar-refractivity contribution in [3.8, 4) is 5.75 Å². The van der Waals surface area contributed by atoms with Gasteiger partial charge in [-0.25, -0.2) is 9.97 Å². The Morgan fingerprint density at radius 2 is 1.02 bits per heavy atom. The molecule has 0 bridgehead atoms. The van der Waals surface area contributed by atoms with Crippen molar-refractivity contribution in [2.75, 3.05) is 11.5 Å². The minimum Gasteiger partial charge on any atom is -0.501 e. The zero-order chi connectivity index (χ0) is 38.5. The number of aromatic nitrogens is 2. The minimum atomic E-state index is -0.638. The van der Waals surface area contributed by atoms with Crippen LogP contribution in [-0.4, -0.2) is 36.5 Å². The number of fused-ring (bicyclic) bond motifs is 2. The number of anilines is 2. The Bertz CT molecular complexity index is 2030. The third-order valence-electron chi connectivity index (χ3n) is 7.31. The number of carboxylic acid groups (broad SMARTS) is 1. The molecular formula is C37H60N7O9Pd-. The first-order valence-electron chi connectivity index (χ1n) is 15.4. The van der Waals surface area contributed by atoms with Crippen LogP contribution in [0.5, 0.6) is 5.75 Å². The molecule has 5 aromatic rings. The van der Waals surface area contributed by atoms with Crippen molar-refractivity contribution in [2.45, 2.75) is 99.8 Å². The molecule has 3 aromatic carbocycles. The summed E-state index contributed by atoms with van der Waals surface area (Å²) in [6.45, 7) is 21.5. The van der Waals surface area contributed by atoms with Crippen molar-refractivity contribution in [3.63, 3.8) is 0 Å². The second kappa shape index (κ2) is 20.4. The summed E-state index contributed by atoms with van der Waals surface area (Å²) < 4.78 is 10.7. The van der Waals surface area contributed by atoms with Crippen LogP contribution in [-0.2, 0) is 41.5 Å². The van der Waals surface area contributed by atoms with E-state index in [-0.39, 0.29) is 89.6 Å². The number of nitrogens with two attached hydrogens (primary N) is 2. The van der Waals surface area contributed by atoms with E-state index >= 15 is 0 Å². The maximum Gasteiger partial charge on any atom is 0.314 e.